The number of carbonyl (C=O) groups is 2. The van der Waals surface area contributed by atoms with Crippen molar-refractivity contribution >= 4 is 57.4 Å². The van der Waals surface area contributed by atoms with Crippen LogP contribution in [0.4, 0.5) is 5.69 Å². The zero-order chi connectivity index (χ0) is 19.9. The molecule has 28 heavy (non-hydrogen) atoms. The van der Waals surface area contributed by atoms with Crippen molar-refractivity contribution in [3.05, 3.63) is 63.2 Å². The van der Waals surface area contributed by atoms with Gasteiger partial charge in [-0.15, -0.1) is 0 Å². The summed E-state index contributed by atoms with van der Waals surface area (Å²) in [6.07, 6.45) is 5.58. The molecule has 1 saturated carbocycles. The van der Waals surface area contributed by atoms with Crippen LogP contribution in [0.25, 0.3) is 0 Å². The molecule has 2 aromatic carbocycles. The Hall–Kier alpha value is -2.00. The third kappa shape index (κ3) is 5.75. The Balaban J connectivity index is 1.64. The van der Waals surface area contributed by atoms with Gasteiger partial charge in [-0.3, -0.25) is 14.9 Å². The lowest BCUT2D eigenvalue weighted by molar-refractivity contribution is 0.0927. The number of hydrogen-bond donors (Lipinski definition) is 3. The van der Waals surface area contributed by atoms with Crippen LogP contribution in [0.1, 0.15) is 52.8 Å². The number of para-hydroxylation sites is 1. The van der Waals surface area contributed by atoms with Crippen molar-refractivity contribution in [1.29, 1.82) is 0 Å². The summed E-state index contributed by atoms with van der Waals surface area (Å²) in [6.45, 7) is 0. The van der Waals surface area contributed by atoms with Crippen molar-refractivity contribution in [3.63, 3.8) is 0 Å². The molecule has 1 fully saturated rings. The van der Waals surface area contributed by atoms with Crippen molar-refractivity contribution in [2.24, 2.45) is 0 Å². The number of carbonyl (C=O) groups excluding carboxylic acids is 2. The SMILES string of the molecule is O=C(NC(=S)Nc1ccccc1C(=O)NC1CCCCC1)c1cccc(I)c1. The molecule has 3 rings (SSSR count). The monoisotopic (exact) mass is 507 g/mol. The predicted molar refractivity (Wildman–Crippen MR) is 124 cm³/mol. The summed E-state index contributed by atoms with van der Waals surface area (Å²) >= 11 is 7.43. The van der Waals surface area contributed by atoms with E-state index in [4.69, 9.17) is 12.2 Å². The van der Waals surface area contributed by atoms with Crippen LogP contribution in [0.3, 0.4) is 0 Å². The second-order valence-corrected chi connectivity index (χ2v) is 8.43. The van der Waals surface area contributed by atoms with Crippen LogP contribution in [0.2, 0.25) is 0 Å². The van der Waals surface area contributed by atoms with Crippen molar-refractivity contribution in [1.82, 2.24) is 10.6 Å². The van der Waals surface area contributed by atoms with E-state index < -0.39 is 0 Å². The minimum absolute atomic E-state index is 0.123. The first-order valence-corrected chi connectivity index (χ1v) is 10.8. The van der Waals surface area contributed by atoms with Gasteiger partial charge < -0.3 is 10.6 Å². The van der Waals surface area contributed by atoms with E-state index in [0.29, 0.717) is 16.8 Å². The second kappa shape index (κ2) is 9.97. The van der Waals surface area contributed by atoms with Gasteiger partial charge in [0.15, 0.2) is 5.11 Å². The first-order chi connectivity index (χ1) is 13.5. The van der Waals surface area contributed by atoms with Crippen molar-refractivity contribution in [3.8, 4) is 0 Å². The highest BCUT2D eigenvalue weighted by molar-refractivity contribution is 14.1. The summed E-state index contributed by atoms with van der Waals surface area (Å²) < 4.78 is 0.967. The van der Waals surface area contributed by atoms with E-state index in [9.17, 15) is 9.59 Å². The van der Waals surface area contributed by atoms with Gasteiger partial charge in [0, 0.05) is 15.2 Å². The molecule has 3 N–H and O–H groups in total. The van der Waals surface area contributed by atoms with Gasteiger partial charge in [-0.05, 0) is 78.0 Å². The topological polar surface area (TPSA) is 70.2 Å². The molecule has 0 saturated heterocycles. The molecule has 5 nitrogen and oxygen atoms in total. The Morgan fingerprint density at radius 1 is 0.964 bits per heavy atom. The van der Waals surface area contributed by atoms with E-state index in [-0.39, 0.29) is 23.0 Å². The van der Waals surface area contributed by atoms with E-state index in [2.05, 4.69) is 38.5 Å². The lowest BCUT2D eigenvalue weighted by Gasteiger charge is -2.23. The van der Waals surface area contributed by atoms with Crippen molar-refractivity contribution < 1.29 is 9.59 Å². The highest BCUT2D eigenvalue weighted by Crippen LogP contribution is 2.20. The van der Waals surface area contributed by atoms with E-state index in [0.717, 1.165) is 29.3 Å². The highest BCUT2D eigenvalue weighted by atomic mass is 127. The van der Waals surface area contributed by atoms with Crippen LogP contribution < -0.4 is 16.0 Å². The molecule has 0 aromatic heterocycles. The quantitative estimate of drug-likeness (QED) is 0.422. The van der Waals surface area contributed by atoms with Crippen LogP contribution in [0.15, 0.2) is 48.5 Å². The van der Waals surface area contributed by atoms with Crippen LogP contribution in [0.5, 0.6) is 0 Å². The smallest absolute Gasteiger partial charge is 0.257 e. The molecule has 0 radical (unpaired) electrons. The maximum atomic E-state index is 12.7. The fraction of sp³-hybridized carbons (Fsp3) is 0.286. The molecule has 1 aliphatic carbocycles. The average Bonchev–Trinajstić information content (AvgIpc) is 2.69. The summed E-state index contributed by atoms with van der Waals surface area (Å²) in [7, 11) is 0. The molecule has 0 bridgehead atoms. The van der Waals surface area contributed by atoms with Crippen LogP contribution in [0, 0.1) is 3.57 Å². The number of thiocarbonyl (C=S) groups is 1. The molecule has 0 aliphatic heterocycles. The normalized spacial score (nSPS) is 14.2. The Bertz CT molecular complexity index is 881. The molecule has 0 heterocycles. The van der Waals surface area contributed by atoms with E-state index in [1.165, 1.54) is 6.42 Å². The standard InChI is InChI=1S/C21H22IN3O2S/c22-15-8-6-7-14(13-15)19(26)25-21(28)24-18-12-5-4-11-17(18)20(27)23-16-9-2-1-3-10-16/h4-8,11-13,16H,1-3,9-10H2,(H,23,27)(H2,24,25,26,28). The molecular weight excluding hydrogens is 485 g/mol. The minimum atomic E-state index is -0.292. The molecule has 7 heteroatoms. The van der Waals surface area contributed by atoms with Crippen LogP contribution in [-0.2, 0) is 0 Å². The summed E-state index contributed by atoms with van der Waals surface area (Å²) in [6, 6.07) is 14.6. The minimum Gasteiger partial charge on any atom is -0.349 e. The Morgan fingerprint density at radius 2 is 1.71 bits per heavy atom. The fourth-order valence-corrected chi connectivity index (χ4v) is 4.00. The zero-order valence-electron chi connectivity index (χ0n) is 15.3. The van der Waals surface area contributed by atoms with Crippen molar-refractivity contribution in [2.45, 2.75) is 38.1 Å². The average molecular weight is 507 g/mol. The first-order valence-electron chi connectivity index (χ1n) is 9.31. The number of nitrogens with one attached hydrogen (secondary N) is 3. The lowest BCUT2D eigenvalue weighted by Crippen LogP contribution is -2.37. The largest absolute Gasteiger partial charge is 0.349 e. The van der Waals surface area contributed by atoms with Gasteiger partial charge in [0.1, 0.15) is 0 Å². The van der Waals surface area contributed by atoms with Gasteiger partial charge in [0.25, 0.3) is 11.8 Å². The molecule has 1 aliphatic rings. The molecule has 146 valence electrons. The number of hydrogen-bond acceptors (Lipinski definition) is 3. The van der Waals surface area contributed by atoms with E-state index >= 15 is 0 Å². The Kier molecular flexibility index (Phi) is 7.38. The van der Waals surface area contributed by atoms with Gasteiger partial charge in [-0.25, -0.2) is 0 Å². The first kappa shape index (κ1) is 20.7. The third-order valence-electron chi connectivity index (χ3n) is 4.67. The number of benzene rings is 2. The molecule has 2 aromatic rings. The number of rotatable bonds is 4. The maximum absolute atomic E-state index is 12.7. The van der Waals surface area contributed by atoms with Crippen LogP contribution in [-0.4, -0.2) is 23.0 Å². The van der Waals surface area contributed by atoms with Gasteiger partial charge in [-0.1, -0.05) is 37.5 Å². The molecule has 0 atom stereocenters. The fourth-order valence-electron chi connectivity index (χ4n) is 3.26. The Morgan fingerprint density at radius 3 is 2.46 bits per heavy atom. The van der Waals surface area contributed by atoms with Crippen molar-refractivity contribution in [2.75, 3.05) is 5.32 Å². The van der Waals surface area contributed by atoms with Crippen LogP contribution >= 0.6 is 34.8 Å². The lowest BCUT2D eigenvalue weighted by atomic mass is 9.95. The van der Waals surface area contributed by atoms with Gasteiger partial charge in [0.2, 0.25) is 0 Å². The highest BCUT2D eigenvalue weighted by Gasteiger charge is 2.19. The predicted octanol–water partition coefficient (Wildman–Crippen LogP) is 4.48. The third-order valence-corrected chi connectivity index (χ3v) is 5.55. The molecular formula is C21H22IN3O2S. The number of anilines is 1. The zero-order valence-corrected chi connectivity index (χ0v) is 18.3. The van der Waals surface area contributed by atoms with E-state index in [1.54, 1.807) is 24.3 Å². The molecule has 0 spiro atoms. The summed E-state index contributed by atoms with van der Waals surface area (Å²) in [5, 5.41) is 8.91. The van der Waals surface area contributed by atoms with Gasteiger partial charge >= 0.3 is 0 Å². The summed E-state index contributed by atoms with van der Waals surface area (Å²) in [5.74, 6) is -0.415. The maximum Gasteiger partial charge on any atom is 0.257 e. The molecule has 2 amide bonds. The second-order valence-electron chi connectivity index (χ2n) is 6.77. The number of halogens is 1. The Labute approximate surface area is 183 Å². The summed E-state index contributed by atoms with van der Waals surface area (Å²) in [4.78, 5) is 25.1. The van der Waals surface area contributed by atoms with Gasteiger partial charge in [0.05, 0.1) is 11.3 Å². The number of amides is 2. The molecule has 0 unspecified atom stereocenters. The van der Waals surface area contributed by atoms with E-state index in [1.807, 2.05) is 24.3 Å². The van der Waals surface area contributed by atoms with Gasteiger partial charge in [-0.2, -0.15) is 0 Å². The summed E-state index contributed by atoms with van der Waals surface area (Å²) in [5.41, 5.74) is 1.61.